The highest BCUT2D eigenvalue weighted by atomic mass is 19.1. The Morgan fingerprint density at radius 3 is 2.36 bits per heavy atom. The standard InChI is InChI=1S/C18H20F2N2/c19-15-6-4-14(5-7-15)13-22(17-8-10-21-11-9-17)18-3-1-2-16(20)12-18/h1-7,12,17,21H,8-11,13H2. The van der Waals surface area contributed by atoms with Crippen molar-refractivity contribution in [3.05, 3.63) is 65.7 Å². The molecule has 2 nitrogen and oxygen atoms in total. The highest BCUT2D eigenvalue weighted by Crippen LogP contribution is 2.25. The topological polar surface area (TPSA) is 15.3 Å². The second kappa shape index (κ2) is 6.88. The first kappa shape index (κ1) is 15.0. The molecule has 0 bridgehead atoms. The van der Waals surface area contributed by atoms with E-state index in [2.05, 4.69) is 10.2 Å². The first-order valence-corrected chi connectivity index (χ1v) is 7.70. The SMILES string of the molecule is Fc1ccc(CN(c2cccc(F)c2)C2CCNCC2)cc1. The Kier molecular flexibility index (Phi) is 4.68. The van der Waals surface area contributed by atoms with Crippen LogP contribution in [0.3, 0.4) is 0 Å². The van der Waals surface area contributed by atoms with Gasteiger partial charge in [0.15, 0.2) is 0 Å². The van der Waals surface area contributed by atoms with Crippen molar-refractivity contribution in [2.75, 3.05) is 18.0 Å². The van der Waals surface area contributed by atoms with Gasteiger partial charge in [-0.05, 0) is 61.8 Å². The molecule has 1 fully saturated rings. The van der Waals surface area contributed by atoms with Gasteiger partial charge in [-0.15, -0.1) is 0 Å². The summed E-state index contributed by atoms with van der Waals surface area (Å²) >= 11 is 0. The van der Waals surface area contributed by atoms with Crippen LogP contribution < -0.4 is 10.2 Å². The molecule has 22 heavy (non-hydrogen) atoms. The van der Waals surface area contributed by atoms with E-state index in [1.165, 1.54) is 18.2 Å². The van der Waals surface area contributed by atoms with Gasteiger partial charge in [0.2, 0.25) is 0 Å². The first-order chi connectivity index (χ1) is 10.7. The number of rotatable bonds is 4. The van der Waals surface area contributed by atoms with Crippen molar-refractivity contribution < 1.29 is 8.78 Å². The number of piperidine rings is 1. The molecule has 1 saturated heterocycles. The summed E-state index contributed by atoms with van der Waals surface area (Å²) in [6, 6.07) is 13.6. The van der Waals surface area contributed by atoms with Crippen LogP contribution in [-0.2, 0) is 6.54 Å². The van der Waals surface area contributed by atoms with Gasteiger partial charge in [-0.1, -0.05) is 18.2 Å². The second-order valence-electron chi connectivity index (χ2n) is 5.72. The molecule has 0 aliphatic carbocycles. The van der Waals surface area contributed by atoms with E-state index < -0.39 is 0 Å². The number of nitrogens with one attached hydrogen (secondary N) is 1. The summed E-state index contributed by atoms with van der Waals surface area (Å²) in [6.07, 6.45) is 2.05. The Morgan fingerprint density at radius 1 is 0.955 bits per heavy atom. The molecule has 1 aliphatic heterocycles. The summed E-state index contributed by atoms with van der Waals surface area (Å²) in [6.45, 7) is 2.61. The fraction of sp³-hybridized carbons (Fsp3) is 0.333. The fourth-order valence-electron chi connectivity index (χ4n) is 2.99. The molecule has 0 spiro atoms. The quantitative estimate of drug-likeness (QED) is 0.926. The maximum absolute atomic E-state index is 13.6. The monoisotopic (exact) mass is 302 g/mol. The Hall–Kier alpha value is -1.94. The second-order valence-corrected chi connectivity index (χ2v) is 5.72. The molecule has 4 heteroatoms. The molecule has 0 radical (unpaired) electrons. The Balaban J connectivity index is 1.86. The zero-order chi connectivity index (χ0) is 15.4. The van der Waals surface area contributed by atoms with Gasteiger partial charge in [-0.25, -0.2) is 8.78 Å². The maximum Gasteiger partial charge on any atom is 0.125 e. The molecule has 1 N–H and O–H groups in total. The van der Waals surface area contributed by atoms with Gasteiger partial charge in [-0.2, -0.15) is 0 Å². The lowest BCUT2D eigenvalue weighted by Gasteiger charge is -2.36. The van der Waals surface area contributed by atoms with Crippen molar-refractivity contribution in [3.8, 4) is 0 Å². The van der Waals surface area contributed by atoms with Crippen LogP contribution >= 0.6 is 0 Å². The van der Waals surface area contributed by atoms with Crippen LogP contribution in [0.1, 0.15) is 18.4 Å². The van der Waals surface area contributed by atoms with Crippen LogP contribution in [0.15, 0.2) is 48.5 Å². The van der Waals surface area contributed by atoms with Gasteiger partial charge in [0.05, 0.1) is 0 Å². The maximum atomic E-state index is 13.6. The molecule has 0 atom stereocenters. The minimum Gasteiger partial charge on any atom is -0.364 e. The zero-order valence-corrected chi connectivity index (χ0v) is 12.4. The summed E-state index contributed by atoms with van der Waals surface area (Å²) in [5, 5.41) is 3.35. The van der Waals surface area contributed by atoms with Gasteiger partial charge in [-0.3, -0.25) is 0 Å². The van der Waals surface area contributed by atoms with Gasteiger partial charge < -0.3 is 10.2 Å². The van der Waals surface area contributed by atoms with Crippen LogP contribution in [-0.4, -0.2) is 19.1 Å². The molecule has 1 aliphatic rings. The summed E-state index contributed by atoms with van der Waals surface area (Å²) < 4.78 is 26.7. The number of hydrogen-bond donors (Lipinski definition) is 1. The number of hydrogen-bond acceptors (Lipinski definition) is 2. The van der Waals surface area contributed by atoms with Crippen LogP contribution in [0.4, 0.5) is 14.5 Å². The minimum absolute atomic E-state index is 0.226. The van der Waals surface area contributed by atoms with Crippen LogP contribution in [0, 0.1) is 11.6 Å². The summed E-state index contributed by atoms with van der Waals surface area (Å²) in [7, 11) is 0. The summed E-state index contributed by atoms with van der Waals surface area (Å²) in [5.41, 5.74) is 1.92. The third-order valence-electron chi connectivity index (χ3n) is 4.16. The molecule has 3 rings (SSSR count). The van der Waals surface area contributed by atoms with Crippen molar-refractivity contribution >= 4 is 5.69 Å². The Labute approximate surface area is 129 Å². The van der Waals surface area contributed by atoms with Crippen molar-refractivity contribution in [3.63, 3.8) is 0 Å². The van der Waals surface area contributed by atoms with Crippen molar-refractivity contribution in [2.24, 2.45) is 0 Å². The summed E-state index contributed by atoms with van der Waals surface area (Å²) in [5.74, 6) is -0.460. The molecule has 0 unspecified atom stereocenters. The van der Waals surface area contributed by atoms with Crippen LogP contribution in [0.25, 0.3) is 0 Å². The number of benzene rings is 2. The Morgan fingerprint density at radius 2 is 1.68 bits per heavy atom. The van der Waals surface area contributed by atoms with E-state index in [0.29, 0.717) is 12.6 Å². The number of anilines is 1. The predicted molar refractivity (Wildman–Crippen MR) is 84.9 cm³/mol. The van der Waals surface area contributed by atoms with Gasteiger partial charge in [0.25, 0.3) is 0 Å². The normalized spacial score (nSPS) is 15.7. The van der Waals surface area contributed by atoms with Crippen LogP contribution in [0.5, 0.6) is 0 Å². The lowest BCUT2D eigenvalue weighted by molar-refractivity contribution is 0.427. The van der Waals surface area contributed by atoms with Gasteiger partial charge in [0.1, 0.15) is 11.6 Å². The third-order valence-corrected chi connectivity index (χ3v) is 4.16. The third kappa shape index (κ3) is 3.63. The summed E-state index contributed by atoms with van der Waals surface area (Å²) in [4.78, 5) is 2.23. The van der Waals surface area contributed by atoms with E-state index in [-0.39, 0.29) is 11.6 Å². The first-order valence-electron chi connectivity index (χ1n) is 7.70. The predicted octanol–water partition coefficient (Wildman–Crippen LogP) is 3.72. The lowest BCUT2D eigenvalue weighted by atomic mass is 10.0. The van der Waals surface area contributed by atoms with E-state index in [4.69, 9.17) is 0 Å². The molecule has 116 valence electrons. The molecule has 2 aromatic carbocycles. The minimum atomic E-state index is -0.233. The number of halogens is 2. The zero-order valence-electron chi connectivity index (χ0n) is 12.4. The van der Waals surface area contributed by atoms with E-state index in [1.807, 2.05) is 6.07 Å². The average molecular weight is 302 g/mol. The van der Waals surface area contributed by atoms with E-state index >= 15 is 0 Å². The molecular weight excluding hydrogens is 282 g/mol. The molecule has 1 heterocycles. The Bertz CT molecular complexity index is 607. The molecule has 2 aromatic rings. The highest BCUT2D eigenvalue weighted by Gasteiger charge is 2.21. The number of nitrogens with zero attached hydrogens (tertiary/aromatic N) is 1. The van der Waals surface area contributed by atoms with E-state index in [0.717, 1.165) is 37.2 Å². The smallest absolute Gasteiger partial charge is 0.125 e. The van der Waals surface area contributed by atoms with Crippen molar-refractivity contribution in [1.82, 2.24) is 5.32 Å². The van der Waals surface area contributed by atoms with Crippen LogP contribution in [0.2, 0.25) is 0 Å². The lowest BCUT2D eigenvalue weighted by Crippen LogP contribution is -2.43. The fourth-order valence-corrected chi connectivity index (χ4v) is 2.99. The highest BCUT2D eigenvalue weighted by molar-refractivity contribution is 5.48. The molecule has 0 saturated carbocycles. The average Bonchev–Trinajstić information content (AvgIpc) is 2.55. The molecular formula is C18H20F2N2. The van der Waals surface area contributed by atoms with Crippen molar-refractivity contribution in [1.29, 1.82) is 0 Å². The van der Waals surface area contributed by atoms with E-state index in [9.17, 15) is 8.78 Å². The van der Waals surface area contributed by atoms with Gasteiger partial charge >= 0.3 is 0 Å². The molecule has 0 amide bonds. The van der Waals surface area contributed by atoms with E-state index in [1.54, 1.807) is 24.3 Å². The largest absolute Gasteiger partial charge is 0.364 e. The van der Waals surface area contributed by atoms with Gasteiger partial charge in [0, 0.05) is 18.3 Å². The molecule has 0 aromatic heterocycles. The van der Waals surface area contributed by atoms with Crippen molar-refractivity contribution in [2.45, 2.75) is 25.4 Å².